The van der Waals surface area contributed by atoms with E-state index >= 15 is 0 Å². The second-order valence-electron chi connectivity index (χ2n) is 4.71. The zero-order valence-corrected chi connectivity index (χ0v) is 10.3. The molecule has 0 heterocycles. The average Bonchev–Trinajstić information content (AvgIpc) is 2.27. The van der Waals surface area contributed by atoms with Crippen LogP contribution in [-0.2, 0) is 5.41 Å². The molecule has 0 fully saturated rings. The molecule has 0 atom stereocenters. The summed E-state index contributed by atoms with van der Waals surface area (Å²) >= 11 is 5.97. The summed E-state index contributed by atoms with van der Waals surface area (Å²) in [5.41, 5.74) is 0.928. The van der Waals surface area contributed by atoms with Gasteiger partial charge in [-0.2, -0.15) is 0 Å². The highest BCUT2D eigenvalue weighted by molar-refractivity contribution is 6.31. The van der Waals surface area contributed by atoms with E-state index in [9.17, 15) is 5.11 Å². The molecule has 0 spiro atoms. The topological polar surface area (TPSA) is 20.2 Å². The van der Waals surface area contributed by atoms with Crippen molar-refractivity contribution in [2.45, 2.75) is 19.3 Å². The van der Waals surface area contributed by atoms with Crippen molar-refractivity contribution in [3.63, 3.8) is 0 Å². The largest absolute Gasteiger partial charge is 0.395 e. The van der Waals surface area contributed by atoms with Crippen LogP contribution in [0.25, 0.3) is 10.8 Å². The van der Waals surface area contributed by atoms with E-state index in [0.29, 0.717) is 0 Å². The van der Waals surface area contributed by atoms with Crippen LogP contribution in [0.1, 0.15) is 19.4 Å². The second-order valence-corrected chi connectivity index (χ2v) is 5.15. The van der Waals surface area contributed by atoms with E-state index in [1.165, 1.54) is 0 Å². The Morgan fingerprint density at radius 3 is 2.62 bits per heavy atom. The fraction of sp³-hybridized carbons (Fsp3) is 0.286. The molecule has 2 aromatic carbocycles. The molecule has 1 nitrogen and oxygen atoms in total. The van der Waals surface area contributed by atoms with E-state index in [2.05, 4.69) is 6.07 Å². The van der Waals surface area contributed by atoms with Crippen LogP contribution in [-0.4, -0.2) is 11.7 Å². The molecule has 2 rings (SSSR count). The van der Waals surface area contributed by atoms with Crippen molar-refractivity contribution >= 4 is 22.4 Å². The van der Waals surface area contributed by atoms with Crippen LogP contribution in [0.5, 0.6) is 0 Å². The molecule has 0 radical (unpaired) electrons. The lowest BCUT2D eigenvalue weighted by atomic mass is 9.82. The molecule has 0 aromatic heterocycles. The number of aliphatic hydroxyl groups is 1. The first-order valence-corrected chi connectivity index (χ1v) is 5.72. The smallest absolute Gasteiger partial charge is 0.0522 e. The SMILES string of the molecule is CC(C)(CO)c1cccc2cc(Cl)ccc12. The normalized spacial score (nSPS) is 12.0. The Balaban J connectivity index is 2.72. The molecular weight excluding hydrogens is 220 g/mol. The molecule has 2 aromatic rings. The van der Waals surface area contributed by atoms with Crippen molar-refractivity contribution in [1.82, 2.24) is 0 Å². The van der Waals surface area contributed by atoms with Crippen molar-refractivity contribution in [1.29, 1.82) is 0 Å². The predicted molar refractivity (Wildman–Crippen MR) is 69.1 cm³/mol. The van der Waals surface area contributed by atoms with Crippen LogP contribution >= 0.6 is 11.6 Å². The van der Waals surface area contributed by atoms with Gasteiger partial charge < -0.3 is 5.11 Å². The zero-order chi connectivity index (χ0) is 11.8. The number of hydrogen-bond acceptors (Lipinski definition) is 1. The monoisotopic (exact) mass is 234 g/mol. The summed E-state index contributed by atoms with van der Waals surface area (Å²) in [5.74, 6) is 0. The minimum atomic E-state index is -0.229. The number of rotatable bonds is 2. The lowest BCUT2D eigenvalue weighted by molar-refractivity contribution is 0.219. The summed E-state index contributed by atoms with van der Waals surface area (Å²) in [5, 5.41) is 12.5. The van der Waals surface area contributed by atoms with Crippen LogP contribution in [0.3, 0.4) is 0 Å². The van der Waals surface area contributed by atoms with Gasteiger partial charge in [-0.1, -0.05) is 49.7 Å². The summed E-state index contributed by atoms with van der Waals surface area (Å²) < 4.78 is 0. The fourth-order valence-corrected chi connectivity index (χ4v) is 2.11. The van der Waals surface area contributed by atoms with Gasteiger partial charge in [-0.3, -0.25) is 0 Å². The van der Waals surface area contributed by atoms with E-state index in [-0.39, 0.29) is 12.0 Å². The summed E-state index contributed by atoms with van der Waals surface area (Å²) in [6, 6.07) is 12.0. The molecule has 0 saturated heterocycles. The molecule has 84 valence electrons. The van der Waals surface area contributed by atoms with Gasteiger partial charge in [-0.15, -0.1) is 0 Å². The molecule has 0 aliphatic carbocycles. The highest BCUT2D eigenvalue weighted by Crippen LogP contribution is 2.31. The number of benzene rings is 2. The summed E-state index contributed by atoms with van der Waals surface area (Å²) in [4.78, 5) is 0. The van der Waals surface area contributed by atoms with Crippen molar-refractivity contribution in [2.24, 2.45) is 0 Å². The first-order valence-electron chi connectivity index (χ1n) is 5.34. The van der Waals surface area contributed by atoms with Gasteiger partial charge in [-0.05, 0) is 28.5 Å². The van der Waals surface area contributed by atoms with Gasteiger partial charge in [0.2, 0.25) is 0 Å². The molecule has 0 aliphatic rings. The van der Waals surface area contributed by atoms with Gasteiger partial charge in [0.15, 0.2) is 0 Å². The molecular formula is C14H15ClO. The van der Waals surface area contributed by atoms with Gasteiger partial charge in [0.25, 0.3) is 0 Å². The maximum absolute atomic E-state index is 9.44. The van der Waals surface area contributed by atoms with Gasteiger partial charge >= 0.3 is 0 Å². The highest BCUT2D eigenvalue weighted by atomic mass is 35.5. The second kappa shape index (κ2) is 4.08. The first kappa shape index (κ1) is 11.4. The summed E-state index contributed by atoms with van der Waals surface area (Å²) in [6.45, 7) is 4.21. The Morgan fingerprint density at radius 1 is 1.19 bits per heavy atom. The number of hydrogen-bond donors (Lipinski definition) is 1. The van der Waals surface area contributed by atoms with Crippen molar-refractivity contribution in [3.8, 4) is 0 Å². The number of fused-ring (bicyclic) bond motifs is 1. The standard InChI is InChI=1S/C14H15ClO/c1-14(2,9-16)13-5-3-4-10-8-11(15)6-7-12(10)13/h3-8,16H,9H2,1-2H3. The van der Waals surface area contributed by atoms with Crippen LogP contribution in [0.2, 0.25) is 5.02 Å². The maximum atomic E-state index is 9.44. The summed E-state index contributed by atoms with van der Waals surface area (Å²) in [7, 11) is 0. The van der Waals surface area contributed by atoms with Crippen LogP contribution in [0.4, 0.5) is 0 Å². The minimum Gasteiger partial charge on any atom is -0.395 e. The molecule has 0 unspecified atom stereocenters. The van der Waals surface area contributed by atoms with E-state index in [1.54, 1.807) is 0 Å². The third-order valence-corrected chi connectivity index (χ3v) is 3.20. The van der Waals surface area contributed by atoms with Gasteiger partial charge in [0.05, 0.1) is 6.61 Å². The Bertz CT molecular complexity index is 517. The van der Waals surface area contributed by atoms with Crippen molar-refractivity contribution in [2.75, 3.05) is 6.61 Å². The Morgan fingerprint density at radius 2 is 1.94 bits per heavy atom. The first-order chi connectivity index (χ1) is 7.54. The van der Waals surface area contributed by atoms with Gasteiger partial charge in [0.1, 0.15) is 0 Å². The Labute approximate surface area is 101 Å². The van der Waals surface area contributed by atoms with E-state index in [4.69, 9.17) is 11.6 Å². The zero-order valence-electron chi connectivity index (χ0n) is 9.50. The number of aliphatic hydroxyl groups excluding tert-OH is 1. The summed E-state index contributed by atoms with van der Waals surface area (Å²) in [6.07, 6.45) is 0. The molecule has 0 bridgehead atoms. The molecule has 1 N–H and O–H groups in total. The lowest BCUT2D eigenvalue weighted by Crippen LogP contribution is -2.22. The maximum Gasteiger partial charge on any atom is 0.0522 e. The van der Waals surface area contributed by atoms with E-state index < -0.39 is 0 Å². The molecule has 0 amide bonds. The molecule has 0 aliphatic heterocycles. The molecule has 2 heteroatoms. The predicted octanol–water partition coefficient (Wildman–Crippen LogP) is 3.76. The lowest BCUT2D eigenvalue weighted by Gasteiger charge is -2.24. The van der Waals surface area contributed by atoms with Gasteiger partial charge in [0, 0.05) is 10.4 Å². The van der Waals surface area contributed by atoms with Crippen LogP contribution in [0, 0.1) is 0 Å². The van der Waals surface area contributed by atoms with Crippen LogP contribution in [0.15, 0.2) is 36.4 Å². The Hall–Kier alpha value is -1.05. The minimum absolute atomic E-state index is 0.134. The van der Waals surface area contributed by atoms with Crippen LogP contribution < -0.4 is 0 Å². The average molecular weight is 235 g/mol. The van der Waals surface area contributed by atoms with Gasteiger partial charge in [-0.25, -0.2) is 0 Å². The third-order valence-electron chi connectivity index (χ3n) is 2.97. The van der Waals surface area contributed by atoms with Crippen molar-refractivity contribution in [3.05, 3.63) is 47.0 Å². The highest BCUT2D eigenvalue weighted by Gasteiger charge is 2.21. The molecule has 0 saturated carbocycles. The number of halogens is 1. The van der Waals surface area contributed by atoms with Crippen molar-refractivity contribution < 1.29 is 5.11 Å². The van der Waals surface area contributed by atoms with E-state index in [0.717, 1.165) is 21.4 Å². The Kier molecular flexibility index (Phi) is 2.92. The quantitative estimate of drug-likeness (QED) is 0.839. The fourth-order valence-electron chi connectivity index (χ4n) is 1.93. The third kappa shape index (κ3) is 1.93. The molecule has 16 heavy (non-hydrogen) atoms. The van der Waals surface area contributed by atoms with E-state index in [1.807, 2.05) is 44.2 Å².